The van der Waals surface area contributed by atoms with Gasteiger partial charge in [-0.15, -0.1) is 0 Å². The Bertz CT molecular complexity index is 562. The van der Waals surface area contributed by atoms with Gasteiger partial charge in [0.05, 0.1) is 12.8 Å². The molecule has 0 aliphatic rings. The smallest absolute Gasteiger partial charge is 0.232 e. The maximum Gasteiger partial charge on any atom is 0.232 e. The molecule has 0 saturated carbocycles. The van der Waals surface area contributed by atoms with E-state index in [1.54, 1.807) is 13.2 Å². The monoisotopic (exact) mass is 348 g/mol. The minimum Gasteiger partial charge on any atom is -0.497 e. The third-order valence-electron chi connectivity index (χ3n) is 2.00. The number of nitrogens with zero attached hydrogens (tertiary/aromatic N) is 3. The van der Waals surface area contributed by atoms with Crippen molar-refractivity contribution in [3.8, 4) is 5.75 Å². The van der Waals surface area contributed by atoms with Gasteiger partial charge in [-0.05, 0) is 51.3 Å². The van der Waals surface area contributed by atoms with Gasteiger partial charge in [-0.3, -0.25) is 0 Å². The van der Waals surface area contributed by atoms with Gasteiger partial charge in [-0.2, -0.15) is 15.0 Å². The number of hydrogen-bond donors (Lipinski definition) is 1. The second-order valence-electron chi connectivity index (χ2n) is 3.17. The second-order valence-corrected chi connectivity index (χ2v) is 4.70. The number of ether oxygens (including phenoxy) is 1. The van der Waals surface area contributed by atoms with E-state index < -0.39 is 0 Å². The lowest BCUT2D eigenvalue weighted by Gasteiger charge is -2.09. The van der Waals surface area contributed by atoms with Crippen LogP contribution in [0.5, 0.6) is 5.75 Å². The predicted molar refractivity (Wildman–Crippen MR) is 73.8 cm³/mol. The van der Waals surface area contributed by atoms with E-state index in [1.165, 1.54) is 0 Å². The predicted octanol–water partition coefficient (Wildman–Crippen LogP) is 3.69. The van der Waals surface area contributed by atoms with Gasteiger partial charge < -0.3 is 10.1 Å². The van der Waals surface area contributed by atoms with Crippen LogP contribution in [0.4, 0.5) is 11.6 Å². The van der Waals surface area contributed by atoms with Crippen LogP contribution in [0.15, 0.2) is 22.7 Å². The average Bonchev–Trinajstić information content (AvgIpc) is 2.30. The number of benzene rings is 1. The number of rotatable bonds is 3. The molecule has 0 saturated heterocycles. The van der Waals surface area contributed by atoms with Crippen molar-refractivity contribution in [2.24, 2.45) is 0 Å². The van der Waals surface area contributed by atoms with Crippen LogP contribution in [0.25, 0.3) is 0 Å². The first-order valence-corrected chi connectivity index (χ1v) is 6.31. The van der Waals surface area contributed by atoms with E-state index in [2.05, 4.69) is 36.2 Å². The van der Waals surface area contributed by atoms with Crippen molar-refractivity contribution in [3.05, 3.63) is 33.2 Å². The van der Waals surface area contributed by atoms with Crippen LogP contribution in [0, 0.1) is 0 Å². The molecule has 0 aliphatic heterocycles. The van der Waals surface area contributed by atoms with Crippen molar-refractivity contribution < 1.29 is 4.74 Å². The maximum absolute atomic E-state index is 5.69. The van der Waals surface area contributed by atoms with Crippen LogP contribution in [-0.2, 0) is 0 Å². The fourth-order valence-corrected chi connectivity index (χ4v) is 1.94. The number of nitrogens with one attached hydrogen (secondary N) is 1. The van der Waals surface area contributed by atoms with Crippen molar-refractivity contribution >= 4 is 50.8 Å². The minimum atomic E-state index is 0.0246. The summed E-state index contributed by atoms with van der Waals surface area (Å²) >= 11 is 14.8. The van der Waals surface area contributed by atoms with Crippen LogP contribution in [0.3, 0.4) is 0 Å². The fraction of sp³-hybridized carbons (Fsp3) is 0.100. The molecular formula is C10H7BrCl2N4O. The Balaban J connectivity index is 2.33. The number of halogens is 3. The molecule has 0 fully saturated rings. The molecule has 8 heteroatoms. The summed E-state index contributed by atoms with van der Waals surface area (Å²) in [6.45, 7) is 0. The molecule has 0 radical (unpaired) electrons. The van der Waals surface area contributed by atoms with Gasteiger partial charge in [0.15, 0.2) is 0 Å². The number of aromatic nitrogens is 3. The zero-order valence-electron chi connectivity index (χ0n) is 9.12. The first kappa shape index (κ1) is 13.3. The molecule has 1 N–H and O–H groups in total. The van der Waals surface area contributed by atoms with Crippen molar-refractivity contribution in [1.82, 2.24) is 15.0 Å². The lowest BCUT2D eigenvalue weighted by atomic mass is 10.3. The Morgan fingerprint density at radius 3 is 2.44 bits per heavy atom. The lowest BCUT2D eigenvalue weighted by molar-refractivity contribution is 0.415. The highest BCUT2D eigenvalue weighted by Gasteiger charge is 2.07. The zero-order valence-corrected chi connectivity index (χ0v) is 12.2. The molecule has 0 atom stereocenters. The summed E-state index contributed by atoms with van der Waals surface area (Å²) in [5, 5.41) is 3.02. The molecule has 0 spiro atoms. The van der Waals surface area contributed by atoms with Crippen molar-refractivity contribution in [1.29, 1.82) is 0 Å². The van der Waals surface area contributed by atoms with Crippen molar-refractivity contribution in [2.45, 2.75) is 0 Å². The molecule has 1 heterocycles. The average molecular weight is 350 g/mol. The number of hydrogen-bond acceptors (Lipinski definition) is 5. The third-order valence-corrected chi connectivity index (χ3v) is 3.03. The van der Waals surface area contributed by atoms with E-state index in [4.69, 9.17) is 27.9 Å². The zero-order chi connectivity index (χ0) is 13.1. The molecule has 1 aromatic heterocycles. The standard InChI is InChI=1S/C10H7BrCl2N4O/c1-18-5-2-3-6(11)7(4-5)14-10-16-8(12)15-9(13)17-10/h2-4H,1H3,(H,14,15,16,17). The first-order valence-electron chi connectivity index (χ1n) is 4.76. The minimum absolute atomic E-state index is 0.0246. The summed E-state index contributed by atoms with van der Waals surface area (Å²) < 4.78 is 5.96. The molecule has 94 valence electrons. The summed E-state index contributed by atoms with van der Waals surface area (Å²) in [6.07, 6.45) is 0. The van der Waals surface area contributed by atoms with E-state index in [9.17, 15) is 0 Å². The van der Waals surface area contributed by atoms with E-state index in [-0.39, 0.29) is 16.5 Å². The third kappa shape index (κ3) is 3.22. The summed E-state index contributed by atoms with van der Waals surface area (Å²) in [7, 11) is 1.59. The van der Waals surface area contributed by atoms with Gasteiger partial charge in [0, 0.05) is 10.5 Å². The van der Waals surface area contributed by atoms with E-state index in [0.717, 1.165) is 10.2 Å². The van der Waals surface area contributed by atoms with Crippen LogP contribution in [0.2, 0.25) is 10.6 Å². The maximum atomic E-state index is 5.69. The summed E-state index contributed by atoms with van der Waals surface area (Å²) in [6, 6.07) is 5.45. The van der Waals surface area contributed by atoms with Crippen molar-refractivity contribution in [2.75, 3.05) is 12.4 Å². The van der Waals surface area contributed by atoms with Crippen molar-refractivity contribution in [3.63, 3.8) is 0 Å². The molecule has 1 aromatic carbocycles. The molecule has 0 aliphatic carbocycles. The topological polar surface area (TPSA) is 59.9 Å². The van der Waals surface area contributed by atoms with Gasteiger partial charge in [-0.25, -0.2) is 0 Å². The summed E-state index contributed by atoms with van der Waals surface area (Å²) in [4.78, 5) is 11.5. The highest BCUT2D eigenvalue weighted by Crippen LogP contribution is 2.29. The highest BCUT2D eigenvalue weighted by molar-refractivity contribution is 9.10. The van der Waals surface area contributed by atoms with Gasteiger partial charge in [0.2, 0.25) is 16.5 Å². The largest absolute Gasteiger partial charge is 0.497 e. The van der Waals surface area contributed by atoms with Gasteiger partial charge in [-0.1, -0.05) is 0 Å². The second kappa shape index (κ2) is 5.69. The first-order chi connectivity index (χ1) is 8.58. The molecule has 0 bridgehead atoms. The SMILES string of the molecule is COc1ccc(Br)c(Nc2nc(Cl)nc(Cl)n2)c1. The quantitative estimate of drug-likeness (QED) is 0.915. The summed E-state index contributed by atoms with van der Waals surface area (Å²) in [5.74, 6) is 0.959. The molecule has 2 rings (SSSR count). The van der Waals surface area contributed by atoms with Crippen LogP contribution >= 0.6 is 39.1 Å². The Morgan fingerprint density at radius 2 is 1.83 bits per heavy atom. The molecular weight excluding hydrogens is 343 g/mol. The van der Waals surface area contributed by atoms with E-state index >= 15 is 0 Å². The van der Waals surface area contributed by atoms with Gasteiger partial charge >= 0.3 is 0 Å². The molecule has 0 amide bonds. The Hall–Kier alpha value is -1.11. The molecule has 2 aromatic rings. The van der Waals surface area contributed by atoms with Gasteiger partial charge in [0.25, 0.3) is 0 Å². The van der Waals surface area contributed by atoms with Crippen LogP contribution < -0.4 is 10.1 Å². The van der Waals surface area contributed by atoms with E-state index in [0.29, 0.717) is 5.75 Å². The summed E-state index contributed by atoms with van der Waals surface area (Å²) in [5.41, 5.74) is 0.729. The Labute approximate surface area is 122 Å². The number of methoxy groups -OCH3 is 1. The molecule has 5 nitrogen and oxygen atoms in total. The molecule has 0 unspecified atom stereocenters. The van der Waals surface area contributed by atoms with Crippen LogP contribution in [0.1, 0.15) is 0 Å². The Kier molecular flexibility index (Phi) is 4.21. The molecule has 18 heavy (non-hydrogen) atoms. The van der Waals surface area contributed by atoms with Gasteiger partial charge in [0.1, 0.15) is 5.75 Å². The lowest BCUT2D eigenvalue weighted by Crippen LogP contribution is -2.00. The fourth-order valence-electron chi connectivity index (χ4n) is 1.23. The van der Waals surface area contributed by atoms with E-state index in [1.807, 2.05) is 12.1 Å². The highest BCUT2D eigenvalue weighted by atomic mass is 79.9. The number of anilines is 2. The van der Waals surface area contributed by atoms with Crippen LogP contribution in [-0.4, -0.2) is 22.1 Å². The Morgan fingerprint density at radius 1 is 1.17 bits per heavy atom. The normalized spacial score (nSPS) is 10.2.